The van der Waals surface area contributed by atoms with Crippen LogP contribution in [0.5, 0.6) is 0 Å². The molecule has 0 fully saturated rings. The molecular formula is C18H21ClFNO2. The molecule has 0 aliphatic carbocycles. The number of hydrogen-bond donors (Lipinski definition) is 2. The molecule has 0 heterocycles. The SMILES string of the molecule is CC([NH2+]CCC(=O)c1ccc(F)cc1)C(O)c1ccccc1.[Cl-]. The highest BCUT2D eigenvalue weighted by Crippen LogP contribution is 2.13. The molecule has 0 bridgehead atoms. The van der Waals surface area contributed by atoms with Gasteiger partial charge in [0.1, 0.15) is 18.0 Å². The standard InChI is InChI=1S/C18H20FNO2.ClH/c1-13(18(22)15-5-3-2-4-6-15)20-12-11-17(21)14-7-9-16(19)10-8-14;/h2-10,13,18,20,22H,11-12H2,1H3;1H. The van der Waals surface area contributed by atoms with Crippen LogP contribution in [0.15, 0.2) is 54.6 Å². The highest BCUT2D eigenvalue weighted by molar-refractivity contribution is 5.96. The van der Waals surface area contributed by atoms with Gasteiger partial charge < -0.3 is 22.8 Å². The van der Waals surface area contributed by atoms with Crippen LogP contribution in [0.3, 0.4) is 0 Å². The Hall–Kier alpha value is -1.75. The second kappa shape index (κ2) is 9.40. The van der Waals surface area contributed by atoms with Crippen LogP contribution in [0, 0.1) is 5.82 Å². The minimum atomic E-state index is -0.567. The van der Waals surface area contributed by atoms with Crippen LogP contribution in [0.25, 0.3) is 0 Å². The summed E-state index contributed by atoms with van der Waals surface area (Å²) in [5.74, 6) is -0.361. The molecule has 0 saturated carbocycles. The molecule has 0 saturated heterocycles. The summed E-state index contributed by atoms with van der Waals surface area (Å²) in [5, 5.41) is 12.2. The van der Waals surface area contributed by atoms with Gasteiger partial charge in [0.15, 0.2) is 5.78 Å². The quantitative estimate of drug-likeness (QED) is 0.643. The fraction of sp³-hybridized carbons (Fsp3) is 0.278. The zero-order valence-corrected chi connectivity index (χ0v) is 13.7. The first-order valence-electron chi connectivity index (χ1n) is 7.43. The van der Waals surface area contributed by atoms with E-state index in [0.29, 0.717) is 18.5 Å². The third-order valence-electron chi connectivity index (χ3n) is 3.72. The third kappa shape index (κ3) is 5.75. The number of quaternary nitrogens is 1. The Bertz CT molecular complexity index is 604. The molecule has 0 aromatic heterocycles. The number of carbonyl (C=O) groups excluding carboxylic acids is 1. The van der Waals surface area contributed by atoms with Gasteiger partial charge >= 0.3 is 0 Å². The second-order valence-electron chi connectivity index (χ2n) is 5.42. The van der Waals surface area contributed by atoms with E-state index in [-0.39, 0.29) is 30.0 Å². The van der Waals surface area contributed by atoms with E-state index in [1.807, 2.05) is 42.6 Å². The minimum Gasteiger partial charge on any atom is -1.00 e. The summed E-state index contributed by atoms with van der Waals surface area (Å²) in [6, 6.07) is 15.0. The van der Waals surface area contributed by atoms with E-state index in [9.17, 15) is 14.3 Å². The molecule has 2 aromatic rings. The monoisotopic (exact) mass is 337 g/mol. The number of rotatable bonds is 7. The zero-order chi connectivity index (χ0) is 15.9. The molecule has 2 unspecified atom stereocenters. The molecule has 3 N–H and O–H groups in total. The van der Waals surface area contributed by atoms with Crippen molar-refractivity contribution in [2.75, 3.05) is 6.54 Å². The lowest BCUT2D eigenvalue weighted by molar-refractivity contribution is -0.693. The first-order valence-corrected chi connectivity index (χ1v) is 7.43. The Morgan fingerprint density at radius 2 is 1.74 bits per heavy atom. The molecule has 124 valence electrons. The van der Waals surface area contributed by atoms with Crippen molar-refractivity contribution in [3.05, 3.63) is 71.5 Å². The molecule has 2 atom stereocenters. The smallest absolute Gasteiger partial charge is 0.168 e. The molecule has 0 amide bonds. The number of Topliss-reactive ketones (excluding diaryl/α,β-unsaturated/α-hetero) is 1. The minimum absolute atomic E-state index is 0. The first-order chi connectivity index (χ1) is 10.6. The Morgan fingerprint density at radius 3 is 2.35 bits per heavy atom. The Labute approximate surface area is 142 Å². The Balaban J connectivity index is 0.00000264. The maximum absolute atomic E-state index is 12.8. The lowest BCUT2D eigenvalue weighted by Gasteiger charge is -2.17. The van der Waals surface area contributed by atoms with Crippen LogP contribution in [-0.2, 0) is 0 Å². The summed E-state index contributed by atoms with van der Waals surface area (Å²) in [7, 11) is 0. The van der Waals surface area contributed by atoms with Crippen LogP contribution in [-0.4, -0.2) is 23.5 Å². The number of carbonyl (C=O) groups is 1. The fourth-order valence-corrected chi connectivity index (χ4v) is 2.34. The summed E-state index contributed by atoms with van der Waals surface area (Å²) in [4.78, 5) is 12.0. The summed E-state index contributed by atoms with van der Waals surface area (Å²) >= 11 is 0. The summed E-state index contributed by atoms with van der Waals surface area (Å²) < 4.78 is 12.8. The first kappa shape index (κ1) is 19.3. The second-order valence-corrected chi connectivity index (χ2v) is 5.42. The molecule has 0 radical (unpaired) electrons. The Kier molecular flexibility index (Phi) is 7.89. The number of halogens is 2. The highest BCUT2D eigenvalue weighted by atomic mass is 35.5. The van der Waals surface area contributed by atoms with Crippen molar-refractivity contribution in [1.82, 2.24) is 0 Å². The molecule has 3 nitrogen and oxygen atoms in total. The van der Waals surface area contributed by atoms with Gasteiger partial charge in [0.25, 0.3) is 0 Å². The van der Waals surface area contributed by atoms with E-state index in [1.165, 1.54) is 24.3 Å². The number of hydrogen-bond acceptors (Lipinski definition) is 2. The topological polar surface area (TPSA) is 53.9 Å². The van der Waals surface area contributed by atoms with E-state index >= 15 is 0 Å². The lowest BCUT2D eigenvalue weighted by Crippen LogP contribution is -3.00. The van der Waals surface area contributed by atoms with Gasteiger partial charge in [0.05, 0.1) is 13.0 Å². The fourth-order valence-electron chi connectivity index (χ4n) is 2.34. The van der Waals surface area contributed by atoms with Crippen LogP contribution in [0.4, 0.5) is 4.39 Å². The van der Waals surface area contributed by atoms with E-state index in [1.54, 1.807) is 0 Å². The largest absolute Gasteiger partial charge is 1.00 e. The normalized spacial score (nSPS) is 13.0. The van der Waals surface area contributed by atoms with E-state index in [4.69, 9.17) is 0 Å². The van der Waals surface area contributed by atoms with Crippen molar-refractivity contribution in [3.8, 4) is 0 Å². The van der Waals surface area contributed by atoms with Gasteiger partial charge in [-0.2, -0.15) is 0 Å². The van der Waals surface area contributed by atoms with Crippen LogP contribution >= 0.6 is 0 Å². The predicted octanol–water partition coefficient (Wildman–Crippen LogP) is -0.912. The summed E-state index contributed by atoms with van der Waals surface area (Å²) in [5.41, 5.74) is 1.39. The summed E-state index contributed by atoms with van der Waals surface area (Å²) in [6.45, 7) is 2.52. The third-order valence-corrected chi connectivity index (χ3v) is 3.72. The van der Waals surface area contributed by atoms with Crippen molar-refractivity contribution >= 4 is 5.78 Å². The van der Waals surface area contributed by atoms with Crippen LogP contribution in [0.1, 0.15) is 35.4 Å². The van der Waals surface area contributed by atoms with Gasteiger partial charge in [-0.15, -0.1) is 0 Å². The maximum atomic E-state index is 12.8. The van der Waals surface area contributed by atoms with Gasteiger partial charge in [-0.1, -0.05) is 30.3 Å². The lowest BCUT2D eigenvalue weighted by atomic mass is 10.0. The average Bonchev–Trinajstić information content (AvgIpc) is 2.55. The van der Waals surface area contributed by atoms with Gasteiger partial charge in [0.2, 0.25) is 0 Å². The van der Waals surface area contributed by atoms with Gasteiger partial charge in [-0.25, -0.2) is 4.39 Å². The molecule has 5 heteroatoms. The maximum Gasteiger partial charge on any atom is 0.168 e. The average molecular weight is 338 g/mol. The molecule has 0 aliphatic heterocycles. The zero-order valence-electron chi connectivity index (χ0n) is 13.0. The molecule has 2 aromatic carbocycles. The van der Waals surface area contributed by atoms with E-state index in [0.717, 1.165) is 5.56 Å². The van der Waals surface area contributed by atoms with Crippen molar-refractivity contribution in [1.29, 1.82) is 0 Å². The summed E-state index contributed by atoms with van der Waals surface area (Å²) in [6.07, 6.45) is -0.209. The van der Waals surface area contributed by atoms with Crippen molar-refractivity contribution in [3.63, 3.8) is 0 Å². The van der Waals surface area contributed by atoms with E-state index in [2.05, 4.69) is 0 Å². The van der Waals surface area contributed by atoms with Crippen LogP contribution in [0.2, 0.25) is 0 Å². The number of ketones is 1. The number of aliphatic hydroxyl groups excluding tert-OH is 1. The number of nitrogens with two attached hydrogens (primary N) is 1. The molecule has 0 spiro atoms. The molecular weight excluding hydrogens is 317 g/mol. The molecule has 2 rings (SSSR count). The number of benzene rings is 2. The van der Waals surface area contributed by atoms with Crippen molar-refractivity contribution in [2.24, 2.45) is 0 Å². The molecule has 23 heavy (non-hydrogen) atoms. The molecule has 0 aliphatic rings. The van der Waals surface area contributed by atoms with Crippen molar-refractivity contribution < 1.29 is 32.0 Å². The van der Waals surface area contributed by atoms with E-state index < -0.39 is 6.10 Å². The van der Waals surface area contributed by atoms with Crippen molar-refractivity contribution in [2.45, 2.75) is 25.5 Å². The highest BCUT2D eigenvalue weighted by Gasteiger charge is 2.19. The number of aliphatic hydroxyl groups is 1. The van der Waals surface area contributed by atoms with Gasteiger partial charge in [-0.05, 0) is 36.8 Å². The van der Waals surface area contributed by atoms with Crippen LogP contribution < -0.4 is 17.7 Å². The van der Waals surface area contributed by atoms with Gasteiger partial charge in [0, 0.05) is 5.56 Å². The van der Waals surface area contributed by atoms with Gasteiger partial charge in [-0.3, -0.25) is 4.79 Å². The predicted molar refractivity (Wildman–Crippen MR) is 83.0 cm³/mol. The Morgan fingerprint density at radius 1 is 1.13 bits per heavy atom.